The zero-order chi connectivity index (χ0) is 10.4. The lowest BCUT2D eigenvalue weighted by Gasteiger charge is -1.98. The van der Waals surface area contributed by atoms with E-state index < -0.39 is 0 Å². The van der Waals surface area contributed by atoms with Crippen molar-refractivity contribution in [3.63, 3.8) is 0 Å². The van der Waals surface area contributed by atoms with E-state index in [-0.39, 0.29) is 5.97 Å². The Bertz CT molecular complexity index is 325. The predicted octanol–water partition coefficient (Wildman–Crippen LogP) is 2.23. The maximum absolute atomic E-state index is 10.4. The largest absolute Gasteiger partial charge is 0.497 e. The molecule has 0 atom stereocenters. The van der Waals surface area contributed by atoms with Crippen LogP contribution in [0, 0.1) is 0 Å². The Hall–Kier alpha value is -1.77. The second-order valence-corrected chi connectivity index (χ2v) is 2.69. The molecule has 0 amide bonds. The molecule has 3 nitrogen and oxygen atoms in total. The maximum Gasteiger partial charge on any atom is 0.307 e. The van der Waals surface area contributed by atoms with Crippen LogP contribution >= 0.6 is 0 Å². The van der Waals surface area contributed by atoms with Gasteiger partial charge in [-0.05, 0) is 23.8 Å². The fourth-order valence-corrected chi connectivity index (χ4v) is 0.923. The van der Waals surface area contributed by atoms with Crippen molar-refractivity contribution in [2.75, 3.05) is 7.11 Å². The Labute approximate surface area is 83.0 Å². The first-order valence-corrected chi connectivity index (χ1v) is 4.20. The smallest absolute Gasteiger partial charge is 0.307 e. The standard InChI is InChI=1S/C11H12O3/c1-9(12)14-8-7-10-3-5-11(13-2)6-4-10/h3-8H,1-2H3/b8-7+. The summed E-state index contributed by atoms with van der Waals surface area (Å²) in [4.78, 5) is 10.4. The molecule has 14 heavy (non-hydrogen) atoms. The molecule has 0 fully saturated rings. The Morgan fingerprint density at radius 3 is 2.43 bits per heavy atom. The zero-order valence-electron chi connectivity index (χ0n) is 8.19. The summed E-state index contributed by atoms with van der Waals surface area (Å²) in [5.74, 6) is 0.476. The van der Waals surface area contributed by atoms with Gasteiger partial charge in [0, 0.05) is 6.92 Å². The molecule has 0 bridgehead atoms. The monoisotopic (exact) mass is 192 g/mol. The molecule has 0 aliphatic rings. The van der Waals surface area contributed by atoms with E-state index in [2.05, 4.69) is 4.74 Å². The molecule has 0 saturated heterocycles. The Balaban J connectivity index is 2.59. The third-order valence-electron chi connectivity index (χ3n) is 1.61. The minimum atomic E-state index is -0.324. The van der Waals surface area contributed by atoms with Gasteiger partial charge in [-0.3, -0.25) is 4.79 Å². The second kappa shape index (κ2) is 5.07. The Morgan fingerprint density at radius 1 is 1.29 bits per heavy atom. The normalized spacial score (nSPS) is 10.1. The van der Waals surface area contributed by atoms with Crippen LogP contribution in [0.2, 0.25) is 0 Å². The molecule has 0 spiro atoms. The number of hydrogen-bond donors (Lipinski definition) is 0. The summed E-state index contributed by atoms with van der Waals surface area (Å²) >= 11 is 0. The first kappa shape index (κ1) is 10.3. The van der Waals surface area contributed by atoms with E-state index >= 15 is 0 Å². The molecule has 1 aromatic carbocycles. The van der Waals surface area contributed by atoms with E-state index in [1.54, 1.807) is 13.2 Å². The van der Waals surface area contributed by atoms with E-state index in [4.69, 9.17) is 4.74 Å². The summed E-state index contributed by atoms with van der Waals surface area (Å²) in [6.45, 7) is 1.36. The van der Waals surface area contributed by atoms with Crippen LogP contribution in [0.3, 0.4) is 0 Å². The van der Waals surface area contributed by atoms with Crippen molar-refractivity contribution in [3.8, 4) is 5.75 Å². The van der Waals surface area contributed by atoms with Crippen LogP contribution in [-0.4, -0.2) is 13.1 Å². The summed E-state index contributed by atoms with van der Waals surface area (Å²) in [6.07, 6.45) is 3.07. The van der Waals surface area contributed by atoms with Gasteiger partial charge in [0.2, 0.25) is 0 Å². The van der Waals surface area contributed by atoms with Crippen molar-refractivity contribution in [1.82, 2.24) is 0 Å². The molecule has 0 saturated carbocycles. The quantitative estimate of drug-likeness (QED) is 0.544. The van der Waals surface area contributed by atoms with Crippen molar-refractivity contribution in [2.45, 2.75) is 6.92 Å². The fraction of sp³-hybridized carbons (Fsp3) is 0.182. The van der Waals surface area contributed by atoms with Gasteiger partial charge in [0.25, 0.3) is 0 Å². The van der Waals surface area contributed by atoms with E-state index in [0.29, 0.717) is 0 Å². The predicted molar refractivity (Wildman–Crippen MR) is 53.8 cm³/mol. The van der Waals surface area contributed by atoms with Crippen LogP contribution in [0.5, 0.6) is 5.75 Å². The average Bonchev–Trinajstić information content (AvgIpc) is 2.18. The van der Waals surface area contributed by atoms with Gasteiger partial charge in [-0.25, -0.2) is 0 Å². The fourth-order valence-electron chi connectivity index (χ4n) is 0.923. The minimum Gasteiger partial charge on any atom is -0.497 e. The number of carbonyl (C=O) groups is 1. The highest BCUT2D eigenvalue weighted by Crippen LogP contribution is 2.12. The molecule has 0 heterocycles. The minimum absolute atomic E-state index is 0.324. The lowest BCUT2D eigenvalue weighted by molar-refractivity contribution is -0.135. The number of benzene rings is 1. The molecule has 0 aromatic heterocycles. The molecule has 74 valence electrons. The van der Waals surface area contributed by atoms with Gasteiger partial charge in [-0.15, -0.1) is 0 Å². The number of ether oxygens (including phenoxy) is 2. The van der Waals surface area contributed by atoms with Gasteiger partial charge < -0.3 is 9.47 Å². The number of methoxy groups -OCH3 is 1. The lowest BCUT2D eigenvalue weighted by atomic mass is 10.2. The molecule has 0 aliphatic carbocycles. The van der Waals surface area contributed by atoms with Crippen LogP contribution in [0.25, 0.3) is 6.08 Å². The molecule has 1 rings (SSSR count). The van der Waals surface area contributed by atoms with Gasteiger partial charge in [-0.1, -0.05) is 12.1 Å². The molecular weight excluding hydrogens is 180 g/mol. The van der Waals surface area contributed by atoms with Gasteiger partial charge in [0.1, 0.15) is 5.75 Å². The van der Waals surface area contributed by atoms with Crippen LogP contribution in [0.4, 0.5) is 0 Å². The van der Waals surface area contributed by atoms with E-state index in [0.717, 1.165) is 11.3 Å². The average molecular weight is 192 g/mol. The van der Waals surface area contributed by atoms with Crippen molar-refractivity contribution in [2.24, 2.45) is 0 Å². The van der Waals surface area contributed by atoms with Gasteiger partial charge in [0.15, 0.2) is 0 Å². The summed E-state index contributed by atoms with van der Waals surface area (Å²) < 4.78 is 9.65. The van der Waals surface area contributed by atoms with Crippen molar-refractivity contribution in [1.29, 1.82) is 0 Å². The van der Waals surface area contributed by atoms with Crippen molar-refractivity contribution < 1.29 is 14.3 Å². The molecular formula is C11H12O3. The van der Waals surface area contributed by atoms with Crippen LogP contribution in [0.1, 0.15) is 12.5 Å². The summed E-state index contributed by atoms with van der Waals surface area (Å²) in [5, 5.41) is 0. The van der Waals surface area contributed by atoms with Crippen LogP contribution in [-0.2, 0) is 9.53 Å². The molecule has 0 aliphatic heterocycles. The Morgan fingerprint density at radius 2 is 1.93 bits per heavy atom. The summed E-state index contributed by atoms with van der Waals surface area (Å²) in [7, 11) is 1.61. The number of rotatable bonds is 3. The first-order chi connectivity index (χ1) is 6.72. The van der Waals surface area contributed by atoms with Crippen LogP contribution in [0.15, 0.2) is 30.5 Å². The highest BCUT2D eigenvalue weighted by Gasteiger charge is 1.90. The van der Waals surface area contributed by atoms with E-state index in [1.807, 2.05) is 24.3 Å². The first-order valence-electron chi connectivity index (χ1n) is 4.20. The number of carbonyl (C=O) groups excluding carboxylic acids is 1. The van der Waals surface area contributed by atoms with E-state index in [9.17, 15) is 4.79 Å². The SMILES string of the molecule is COc1ccc(/C=C/OC(C)=O)cc1. The molecule has 0 radical (unpaired) electrons. The third-order valence-corrected chi connectivity index (χ3v) is 1.61. The topological polar surface area (TPSA) is 35.5 Å². The molecule has 0 N–H and O–H groups in total. The number of hydrogen-bond acceptors (Lipinski definition) is 3. The summed E-state index contributed by atoms with van der Waals surface area (Å²) in [6, 6.07) is 7.43. The molecule has 1 aromatic rings. The highest BCUT2D eigenvalue weighted by molar-refractivity contribution is 5.67. The second-order valence-electron chi connectivity index (χ2n) is 2.69. The van der Waals surface area contributed by atoms with Gasteiger partial charge >= 0.3 is 5.97 Å². The third kappa shape index (κ3) is 3.31. The van der Waals surface area contributed by atoms with E-state index in [1.165, 1.54) is 13.2 Å². The molecule has 3 heteroatoms. The molecule has 0 unspecified atom stereocenters. The van der Waals surface area contributed by atoms with Gasteiger partial charge in [-0.2, -0.15) is 0 Å². The summed E-state index contributed by atoms with van der Waals surface area (Å²) in [5.41, 5.74) is 0.951. The van der Waals surface area contributed by atoms with Crippen LogP contribution < -0.4 is 4.74 Å². The Kier molecular flexibility index (Phi) is 3.73. The van der Waals surface area contributed by atoms with Crippen molar-refractivity contribution >= 4 is 12.0 Å². The van der Waals surface area contributed by atoms with Crippen molar-refractivity contribution in [3.05, 3.63) is 36.1 Å². The maximum atomic E-state index is 10.4. The zero-order valence-corrected chi connectivity index (χ0v) is 8.19. The highest BCUT2D eigenvalue weighted by atomic mass is 16.5. The lowest BCUT2D eigenvalue weighted by Crippen LogP contribution is -1.89. The van der Waals surface area contributed by atoms with Gasteiger partial charge in [0.05, 0.1) is 13.4 Å². The number of esters is 1.